The van der Waals surface area contributed by atoms with Gasteiger partial charge in [-0.2, -0.15) is 0 Å². The quantitative estimate of drug-likeness (QED) is 0.414. The van der Waals surface area contributed by atoms with E-state index in [0.717, 1.165) is 25.7 Å². The number of carbonyl (C=O) groups excluding carboxylic acids is 1. The average molecular weight is 469 g/mol. The van der Waals surface area contributed by atoms with Crippen molar-refractivity contribution in [2.75, 3.05) is 21.0 Å². The van der Waals surface area contributed by atoms with E-state index in [2.05, 4.69) is 20.8 Å². The monoisotopic (exact) mass is 468 g/mol. The molecule has 6 heteroatoms. The molecule has 0 aromatic carbocycles. The minimum Gasteiger partial charge on any atom is -0.469 e. The van der Waals surface area contributed by atoms with Crippen LogP contribution in [-0.2, 0) is 19.0 Å². The third kappa shape index (κ3) is 4.38. The van der Waals surface area contributed by atoms with Gasteiger partial charge in [-0.05, 0) is 97.7 Å². The normalized spacial score (nSPS) is 47.8. The van der Waals surface area contributed by atoms with Crippen LogP contribution in [0.15, 0.2) is 0 Å². The lowest BCUT2D eigenvalue weighted by Gasteiger charge is -2.63. The first kappa shape index (κ1) is 25.4. The summed E-state index contributed by atoms with van der Waals surface area (Å²) in [4.78, 5) is 11.7. The number of fused-ring (bicyclic) bond motifs is 5. The molecule has 0 aliphatic heterocycles. The summed E-state index contributed by atoms with van der Waals surface area (Å²) in [6.07, 6.45) is 6.03. The minimum atomic E-state index is -1.12. The molecule has 0 spiro atoms. The van der Waals surface area contributed by atoms with Crippen molar-refractivity contribution in [1.82, 2.24) is 0 Å². The van der Waals surface area contributed by atoms with E-state index in [1.807, 2.05) is 0 Å². The molecule has 0 saturated heterocycles. The van der Waals surface area contributed by atoms with Gasteiger partial charge in [0.2, 0.25) is 0 Å². The minimum absolute atomic E-state index is 0.0772. The fourth-order valence-electron chi connectivity index (χ4n) is 9.13. The Morgan fingerprint density at radius 1 is 1.12 bits per heavy atom. The Morgan fingerprint density at radius 2 is 1.85 bits per heavy atom. The van der Waals surface area contributed by atoms with Crippen molar-refractivity contribution in [3.05, 3.63) is 0 Å². The lowest BCUT2D eigenvalue weighted by molar-refractivity contribution is -0.215. The summed E-state index contributed by atoms with van der Waals surface area (Å²) >= 11 is 0. The highest BCUT2D eigenvalue weighted by Crippen LogP contribution is 2.68. The molecule has 4 unspecified atom stereocenters. The van der Waals surface area contributed by atoms with Crippen LogP contribution in [0.1, 0.15) is 78.6 Å². The predicted octanol–water partition coefficient (Wildman–Crippen LogP) is 5.14. The fraction of sp³-hybridized carbons (Fsp3) is 0.963. The lowest BCUT2D eigenvalue weighted by Crippen LogP contribution is -2.60. The third-order valence-electron chi connectivity index (χ3n) is 10.8. The first-order valence-corrected chi connectivity index (χ1v) is 13.1. The summed E-state index contributed by atoms with van der Waals surface area (Å²) in [5.41, 5.74) is 0.143. The Balaban J connectivity index is 1.59. The number of carbonyl (C=O) groups is 1. The second kappa shape index (κ2) is 9.73. The van der Waals surface area contributed by atoms with Gasteiger partial charge in [0.25, 0.3) is 0 Å². The molecular weight excluding hydrogens is 423 g/mol. The highest BCUT2D eigenvalue weighted by atomic mass is 19.1. The van der Waals surface area contributed by atoms with Crippen molar-refractivity contribution in [2.45, 2.75) is 96.9 Å². The molecule has 33 heavy (non-hydrogen) atoms. The number of hydrogen-bond acceptors (Lipinski definition) is 5. The van der Waals surface area contributed by atoms with Crippen molar-refractivity contribution >= 4 is 5.97 Å². The molecule has 4 aliphatic rings. The summed E-state index contributed by atoms with van der Waals surface area (Å²) < 4.78 is 31.3. The van der Waals surface area contributed by atoms with Gasteiger partial charge in [0, 0.05) is 13.5 Å². The maximum absolute atomic E-state index is 14.8. The van der Waals surface area contributed by atoms with Crippen LogP contribution in [0.4, 0.5) is 4.39 Å². The molecule has 1 N–H and O–H groups in total. The highest BCUT2D eigenvalue weighted by Gasteiger charge is 2.64. The zero-order valence-corrected chi connectivity index (χ0v) is 21.2. The summed E-state index contributed by atoms with van der Waals surface area (Å²) in [5.74, 6) is 2.61. The molecule has 0 aromatic rings. The summed E-state index contributed by atoms with van der Waals surface area (Å²) in [7, 11) is 3.13. The van der Waals surface area contributed by atoms with Crippen LogP contribution in [0.5, 0.6) is 0 Å². The van der Waals surface area contributed by atoms with Crippen molar-refractivity contribution in [3.8, 4) is 0 Å². The average Bonchev–Trinajstić information content (AvgIpc) is 3.14. The Bertz CT molecular complexity index is 702. The van der Waals surface area contributed by atoms with E-state index >= 15 is 0 Å². The number of ether oxygens (including phenoxy) is 3. The number of rotatable bonds is 7. The number of aliphatic hydroxyl groups excluding tert-OH is 1. The number of halogens is 1. The highest BCUT2D eigenvalue weighted by molar-refractivity contribution is 5.69. The van der Waals surface area contributed by atoms with Crippen molar-refractivity contribution in [2.24, 2.45) is 46.3 Å². The topological polar surface area (TPSA) is 65.0 Å². The van der Waals surface area contributed by atoms with E-state index in [1.165, 1.54) is 20.0 Å². The van der Waals surface area contributed by atoms with Gasteiger partial charge in [-0.1, -0.05) is 20.8 Å². The van der Waals surface area contributed by atoms with E-state index in [1.54, 1.807) is 7.11 Å². The van der Waals surface area contributed by atoms with E-state index in [-0.39, 0.29) is 29.7 Å². The third-order valence-corrected chi connectivity index (χ3v) is 10.8. The molecule has 4 saturated carbocycles. The number of aliphatic hydroxyl groups is 1. The molecule has 4 aliphatic carbocycles. The molecule has 0 bridgehead atoms. The van der Waals surface area contributed by atoms with Gasteiger partial charge in [-0.25, -0.2) is 4.39 Å². The molecule has 0 radical (unpaired) electrons. The number of hydrogen-bond donors (Lipinski definition) is 1. The Morgan fingerprint density at radius 3 is 2.55 bits per heavy atom. The molecule has 5 nitrogen and oxygen atoms in total. The van der Waals surface area contributed by atoms with Crippen LogP contribution >= 0.6 is 0 Å². The molecule has 0 heterocycles. The van der Waals surface area contributed by atoms with Crippen molar-refractivity contribution in [1.29, 1.82) is 0 Å². The predicted molar refractivity (Wildman–Crippen MR) is 124 cm³/mol. The zero-order valence-electron chi connectivity index (χ0n) is 21.2. The molecule has 4 rings (SSSR count). The van der Waals surface area contributed by atoms with Crippen LogP contribution in [0.3, 0.4) is 0 Å². The first-order chi connectivity index (χ1) is 15.7. The van der Waals surface area contributed by atoms with E-state index in [9.17, 15) is 14.3 Å². The van der Waals surface area contributed by atoms with Crippen LogP contribution in [0.25, 0.3) is 0 Å². The maximum Gasteiger partial charge on any atom is 0.305 e. The zero-order chi connectivity index (χ0) is 24.0. The fourth-order valence-corrected chi connectivity index (χ4v) is 9.13. The van der Waals surface area contributed by atoms with Gasteiger partial charge in [-0.15, -0.1) is 0 Å². The van der Waals surface area contributed by atoms with E-state index < -0.39 is 12.3 Å². The van der Waals surface area contributed by atoms with Gasteiger partial charge in [0.15, 0.2) is 0 Å². The van der Waals surface area contributed by atoms with Gasteiger partial charge in [0.1, 0.15) is 13.0 Å². The molecule has 190 valence electrons. The van der Waals surface area contributed by atoms with Crippen LogP contribution in [-0.4, -0.2) is 50.5 Å². The van der Waals surface area contributed by atoms with Crippen LogP contribution in [0.2, 0.25) is 0 Å². The Labute approximate surface area is 199 Å². The number of alkyl halides is 1. The molecular formula is C27H45FO5. The maximum atomic E-state index is 14.8. The molecule has 11 atom stereocenters. The molecule has 0 amide bonds. The SMILES string of the molecule is COCOC1C[C@@H]2C[C@@H](O)[C@@H](F)C[C@]2(C)C2CC[C@@]3(C)C(CC[C@@H]3[C@H](C)CCC(=O)OC)C12. The summed E-state index contributed by atoms with van der Waals surface area (Å²) in [6.45, 7) is 7.37. The largest absolute Gasteiger partial charge is 0.469 e. The van der Waals surface area contributed by atoms with Crippen LogP contribution in [0, 0.1) is 46.3 Å². The van der Waals surface area contributed by atoms with Gasteiger partial charge in [-0.3, -0.25) is 4.79 Å². The Kier molecular flexibility index (Phi) is 7.49. The van der Waals surface area contributed by atoms with Gasteiger partial charge >= 0.3 is 5.97 Å². The van der Waals surface area contributed by atoms with E-state index in [0.29, 0.717) is 54.8 Å². The second-order valence-electron chi connectivity index (χ2n) is 12.2. The standard InChI is InChI=1S/C27H45FO5/c1-16(6-9-24(30)32-5)18-7-8-19-25-20(10-11-26(18,19)2)27(3)14-21(28)22(29)12-17(27)13-23(25)33-15-31-4/h16-23,25,29H,6-15H2,1-5H3/t16-,17+,18-,19?,20?,21+,22-,23?,25?,26-,27+/m1/s1. The summed E-state index contributed by atoms with van der Waals surface area (Å²) in [5, 5.41) is 10.3. The smallest absolute Gasteiger partial charge is 0.305 e. The second-order valence-corrected chi connectivity index (χ2v) is 12.2. The van der Waals surface area contributed by atoms with Gasteiger partial charge in [0.05, 0.1) is 19.3 Å². The molecule has 4 fully saturated rings. The van der Waals surface area contributed by atoms with Crippen LogP contribution < -0.4 is 0 Å². The summed E-state index contributed by atoms with van der Waals surface area (Å²) in [6, 6.07) is 0. The lowest BCUT2D eigenvalue weighted by atomic mass is 9.43. The number of esters is 1. The number of methoxy groups -OCH3 is 2. The van der Waals surface area contributed by atoms with Gasteiger partial charge < -0.3 is 19.3 Å². The first-order valence-electron chi connectivity index (χ1n) is 13.1. The van der Waals surface area contributed by atoms with Crippen molar-refractivity contribution < 1.29 is 28.5 Å². The van der Waals surface area contributed by atoms with Crippen molar-refractivity contribution in [3.63, 3.8) is 0 Å². The van der Waals surface area contributed by atoms with E-state index in [4.69, 9.17) is 14.2 Å². The molecule has 0 aromatic heterocycles. The Hall–Kier alpha value is -0.720.